The highest BCUT2D eigenvalue weighted by molar-refractivity contribution is 7.16. The van der Waals surface area contributed by atoms with E-state index in [9.17, 15) is 9.90 Å². The summed E-state index contributed by atoms with van der Waals surface area (Å²) in [5.41, 5.74) is 3.44. The molecule has 0 amide bonds. The van der Waals surface area contributed by atoms with Gasteiger partial charge in [-0.3, -0.25) is 4.84 Å². The van der Waals surface area contributed by atoms with Crippen molar-refractivity contribution in [1.82, 2.24) is 0 Å². The van der Waals surface area contributed by atoms with Gasteiger partial charge in [-0.15, -0.1) is 11.3 Å². The van der Waals surface area contributed by atoms with Gasteiger partial charge < -0.3 is 5.11 Å². The Labute approximate surface area is 139 Å². The standard InChI is InChI=1S/C18H21NO3S/c1-18(2)8-7-14-13(9-18)15(17(20)21)16(23-14)12-6-4-3-5-11(12)10-22-19/h3-6H,7-10,19H2,1-2H3,(H,20,21). The third-order valence-electron chi connectivity index (χ3n) is 4.49. The maximum Gasteiger partial charge on any atom is 0.337 e. The van der Waals surface area contributed by atoms with E-state index < -0.39 is 5.97 Å². The zero-order valence-corrected chi connectivity index (χ0v) is 14.2. The van der Waals surface area contributed by atoms with Crippen LogP contribution >= 0.6 is 11.3 Å². The van der Waals surface area contributed by atoms with Crippen molar-refractivity contribution in [3.63, 3.8) is 0 Å². The lowest BCUT2D eigenvalue weighted by atomic mass is 9.76. The minimum Gasteiger partial charge on any atom is -0.478 e. The fourth-order valence-corrected chi connectivity index (χ4v) is 4.66. The fourth-order valence-electron chi connectivity index (χ4n) is 3.29. The Bertz CT molecular complexity index is 749. The third-order valence-corrected chi connectivity index (χ3v) is 5.81. The van der Waals surface area contributed by atoms with Crippen molar-refractivity contribution >= 4 is 17.3 Å². The first-order chi connectivity index (χ1) is 10.9. The molecule has 0 radical (unpaired) electrons. The van der Waals surface area contributed by atoms with Gasteiger partial charge in [-0.25, -0.2) is 10.7 Å². The number of benzene rings is 1. The molecule has 0 fully saturated rings. The number of aryl methyl sites for hydroxylation is 1. The summed E-state index contributed by atoms with van der Waals surface area (Å²) in [6.07, 6.45) is 2.85. The summed E-state index contributed by atoms with van der Waals surface area (Å²) in [5.74, 6) is 4.38. The molecule has 3 N–H and O–H groups in total. The minimum atomic E-state index is -0.848. The molecule has 0 atom stereocenters. The van der Waals surface area contributed by atoms with Crippen LogP contribution in [0.5, 0.6) is 0 Å². The molecule has 5 heteroatoms. The molecule has 23 heavy (non-hydrogen) atoms. The topological polar surface area (TPSA) is 72.5 Å². The van der Waals surface area contributed by atoms with Gasteiger partial charge in [-0.1, -0.05) is 38.1 Å². The van der Waals surface area contributed by atoms with Crippen molar-refractivity contribution in [2.75, 3.05) is 0 Å². The smallest absolute Gasteiger partial charge is 0.337 e. The van der Waals surface area contributed by atoms with Crippen molar-refractivity contribution in [3.8, 4) is 10.4 Å². The average molecular weight is 331 g/mol. The molecule has 4 nitrogen and oxygen atoms in total. The largest absolute Gasteiger partial charge is 0.478 e. The van der Waals surface area contributed by atoms with Gasteiger partial charge in [0.2, 0.25) is 0 Å². The van der Waals surface area contributed by atoms with Crippen LogP contribution in [0.1, 0.15) is 46.6 Å². The van der Waals surface area contributed by atoms with E-state index in [-0.39, 0.29) is 12.0 Å². The van der Waals surface area contributed by atoms with E-state index in [1.807, 2.05) is 24.3 Å². The average Bonchev–Trinajstić information content (AvgIpc) is 2.85. The number of carboxylic acid groups (broad SMARTS) is 1. The van der Waals surface area contributed by atoms with E-state index >= 15 is 0 Å². The molecular weight excluding hydrogens is 310 g/mol. The van der Waals surface area contributed by atoms with E-state index in [2.05, 4.69) is 13.8 Å². The lowest BCUT2D eigenvalue weighted by Gasteiger charge is -2.29. The number of carboxylic acids is 1. The van der Waals surface area contributed by atoms with Crippen molar-refractivity contribution < 1.29 is 14.7 Å². The molecule has 0 saturated heterocycles. The predicted octanol–water partition coefficient (Wildman–Crippen LogP) is 4.02. The number of hydrogen-bond acceptors (Lipinski definition) is 4. The van der Waals surface area contributed by atoms with Gasteiger partial charge in [0.05, 0.1) is 12.2 Å². The molecule has 3 rings (SSSR count). The summed E-state index contributed by atoms with van der Waals surface area (Å²) in [4.78, 5) is 18.8. The molecule has 0 aliphatic heterocycles. The summed E-state index contributed by atoms with van der Waals surface area (Å²) in [7, 11) is 0. The minimum absolute atomic E-state index is 0.148. The van der Waals surface area contributed by atoms with E-state index in [1.54, 1.807) is 11.3 Å². The van der Waals surface area contributed by atoms with Gasteiger partial charge in [0.25, 0.3) is 0 Å². The van der Waals surface area contributed by atoms with Crippen molar-refractivity contribution in [2.24, 2.45) is 11.3 Å². The van der Waals surface area contributed by atoms with Crippen LogP contribution in [-0.2, 0) is 24.3 Å². The molecule has 1 aliphatic carbocycles. The van der Waals surface area contributed by atoms with E-state index in [1.165, 1.54) is 4.88 Å². The van der Waals surface area contributed by atoms with Crippen LogP contribution in [0.3, 0.4) is 0 Å². The van der Waals surface area contributed by atoms with Crippen LogP contribution < -0.4 is 5.90 Å². The highest BCUT2D eigenvalue weighted by atomic mass is 32.1. The van der Waals surface area contributed by atoms with Gasteiger partial charge in [-0.2, -0.15) is 0 Å². The van der Waals surface area contributed by atoms with Crippen molar-refractivity contribution in [1.29, 1.82) is 0 Å². The lowest BCUT2D eigenvalue weighted by molar-refractivity contribution is 0.0696. The van der Waals surface area contributed by atoms with E-state index in [0.717, 1.165) is 40.8 Å². The van der Waals surface area contributed by atoms with Gasteiger partial charge in [0.15, 0.2) is 0 Å². The molecule has 0 unspecified atom stereocenters. The second kappa shape index (κ2) is 6.07. The van der Waals surface area contributed by atoms with Crippen LogP contribution in [-0.4, -0.2) is 11.1 Å². The monoisotopic (exact) mass is 331 g/mol. The first kappa shape index (κ1) is 16.2. The highest BCUT2D eigenvalue weighted by Crippen LogP contribution is 2.45. The fraction of sp³-hybridized carbons (Fsp3) is 0.389. The Hall–Kier alpha value is -1.69. The van der Waals surface area contributed by atoms with E-state index in [4.69, 9.17) is 10.7 Å². The Kier molecular flexibility index (Phi) is 4.27. The first-order valence-corrected chi connectivity index (χ1v) is 8.52. The summed E-state index contributed by atoms with van der Waals surface area (Å²) >= 11 is 1.61. The second-order valence-corrected chi connectivity index (χ2v) is 7.93. The molecule has 122 valence electrons. The summed E-state index contributed by atoms with van der Waals surface area (Å²) in [6, 6.07) is 7.71. The molecule has 1 aromatic carbocycles. The SMILES string of the molecule is CC1(C)CCc2sc(-c3ccccc3CON)c(C(=O)O)c2C1. The Morgan fingerprint density at radius 2 is 2.13 bits per heavy atom. The van der Waals surface area contributed by atoms with Crippen molar-refractivity contribution in [2.45, 2.75) is 39.7 Å². The van der Waals surface area contributed by atoms with Gasteiger partial charge >= 0.3 is 5.97 Å². The van der Waals surface area contributed by atoms with Gasteiger partial charge in [-0.05, 0) is 41.4 Å². The predicted molar refractivity (Wildman–Crippen MR) is 91.5 cm³/mol. The number of fused-ring (bicyclic) bond motifs is 1. The Morgan fingerprint density at radius 3 is 2.83 bits per heavy atom. The molecule has 2 aromatic rings. The molecule has 1 aliphatic rings. The molecule has 0 saturated carbocycles. The van der Waals surface area contributed by atoms with Crippen LogP contribution in [0.15, 0.2) is 24.3 Å². The zero-order valence-electron chi connectivity index (χ0n) is 13.4. The molecule has 0 bridgehead atoms. The van der Waals surface area contributed by atoms with Crippen LogP contribution in [0.2, 0.25) is 0 Å². The highest BCUT2D eigenvalue weighted by Gasteiger charge is 2.33. The van der Waals surface area contributed by atoms with Crippen molar-refractivity contribution in [3.05, 3.63) is 45.8 Å². The maximum absolute atomic E-state index is 12.0. The number of aromatic carboxylic acids is 1. The van der Waals surface area contributed by atoms with Gasteiger partial charge in [0.1, 0.15) is 0 Å². The molecular formula is C18H21NO3S. The molecule has 1 heterocycles. The number of carbonyl (C=O) groups is 1. The number of rotatable bonds is 4. The summed E-state index contributed by atoms with van der Waals surface area (Å²) < 4.78 is 0. The lowest BCUT2D eigenvalue weighted by Crippen LogP contribution is -2.22. The maximum atomic E-state index is 12.0. The summed E-state index contributed by atoms with van der Waals surface area (Å²) in [6.45, 7) is 4.67. The molecule has 0 spiro atoms. The summed E-state index contributed by atoms with van der Waals surface area (Å²) in [5, 5.41) is 9.81. The van der Waals surface area contributed by atoms with Crippen LogP contribution in [0, 0.1) is 5.41 Å². The third kappa shape index (κ3) is 3.04. The zero-order chi connectivity index (χ0) is 16.6. The first-order valence-electron chi connectivity index (χ1n) is 7.71. The molecule has 1 aromatic heterocycles. The number of nitrogens with two attached hydrogens (primary N) is 1. The van der Waals surface area contributed by atoms with Crippen LogP contribution in [0.25, 0.3) is 10.4 Å². The van der Waals surface area contributed by atoms with Crippen LogP contribution in [0.4, 0.5) is 0 Å². The Morgan fingerprint density at radius 1 is 1.39 bits per heavy atom. The van der Waals surface area contributed by atoms with Gasteiger partial charge in [0, 0.05) is 9.75 Å². The second-order valence-electron chi connectivity index (χ2n) is 6.82. The Balaban J connectivity index is 2.18. The number of hydrogen-bond donors (Lipinski definition) is 2. The van der Waals surface area contributed by atoms with E-state index in [0.29, 0.717) is 5.56 Å². The quantitative estimate of drug-likeness (QED) is 0.830. The normalized spacial score (nSPS) is 16.1. The number of thiophene rings is 1.